The predicted molar refractivity (Wildman–Crippen MR) is 123 cm³/mol. The lowest BCUT2D eigenvalue weighted by molar-refractivity contribution is -0.137. The molecule has 0 aliphatic carbocycles. The van der Waals surface area contributed by atoms with Gasteiger partial charge in [0.15, 0.2) is 11.5 Å². The number of nitrogens with one attached hydrogen (secondary N) is 1. The van der Waals surface area contributed by atoms with Crippen molar-refractivity contribution in [3.05, 3.63) is 47.5 Å². The zero-order chi connectivity index (χ0) is 24.7. The Morgan fingerprint density at radius 2 is 1.50 bits per heavy atom. The van der Waals surface area contributed by atoms with Crippen molar-refractivity contribution in [1.82, 2.24) is 9.80 Å². The fourth-order valence-electron chi connectivity index (χ4n) is 3.95. The smallest absolute Gasteiger partial charge is 0.416 e. The highest BCUT2D eigenvalue weighted by Gasteiger charge is 2.30. The van der Waals surface area contributed by atoms with E-state index in [-0.39, 0.29) is 12.5 Å². The molecule has 2 aromatic rings. The van der Waals surface area contributed by atoms with Gasteiger partial charge in [-0.2, -0.15) is 13.2 Å². The number of hydrogen-bond donors (Lipinski definition) is 1. The van der Waals surface area contributed by atoms with E-state index in [1.165, 1.54) is 33.5 Å². The van der Waals surface area contributed by atoms with Crippen LogP contribution in [0, 0.1) is 0 Å². The molecule has 3 rings (SSSR count). The van der Waals surface area contributed by atoms with Gasteiger partial charge in [-0.3, -0.25) is 14.6 Å². The van der Waals surface area contributed by atoms with E-state index in [9.17, 15) is 18.0 Å². The maximum absolute atomic E-state index is 12.8. The summed E-state index contributed by atoms with van der Waals surface area (Å²) >= 11 is 0. The molecule has 186 valence electrons. The van der Waals surface area contributed by atoms with E-state index in [2.05, 4.69) is 15.1 Å². The van der Waals surface area contributed by atoms with Crippen LogP contribution in [0.15, 0.2) is 36.4 Å². The standard InChI is InChI=1S/C24H30F3N3O4/c1-32-20-13-19(14-21(33-2)23(20)34-3)28-22(31)16-30-10-4-9-29(11-12-30)15-17-5-7-18(8-6-17)24(25,26)27/h5-8,13-14H,4,9-12,15-16H2,1-3H3,(H,28,31). The summed E-state index contributed by atoms with van der Waals surface area (Å²) in [5, 5.41) is 2.88. The van der Waals surface area contributed by atoms with Gasteiger partial charge in [-0.15, -0.1) is 0 Å². The first-order chi connectivity index (χ1) is 16.2. The highest BCUT2D eigenvalue weighted by Crippen LogP contribution is 2.39. The number of nitrogens with zero attached hydrogens (tertiary/aromatic N) is 2. The van der Waals surface area contributed by atoms with Crippen LogP contribution in [0.2, 0.25) is 0 Å². The Bertz CT molecular complexity index is 942. The molecular weight excluding hydrogens is 451 g/mol. The van der Waals surface area contributed by atoms with Crippen LogP contribution in [-0.2, 0) is 17.5 Å². The van der Waals surface area contributed by atoms with E-state index in [1.54, 1.807) is 12.1 Å². The third-order valence-electron chi connectivity index (χ3n) is 5.68. The summed E-state index contributed by atoms with van der Waals surface area (Å²) in [6.07, 6.45) is -3.47. The Balaban J connectivity index is 1.53. The van der Waals surface area contributed by atoms with Gasteiger partial charge in [-0.25, -0.2) is 0 Å². The number of anilines is 1. The zero-order valence-electron chi connectivity index (χ0n) is 19.6. The van der Waals surface area contributed by atoms with Gasteiger partial charge in [-0.1, -0.05) is 12.1 Å². The Morgan fingerprint density at radius 3 is 2.06 bits per heavy atom. The molecule has 1 aliphatic rings. The van der Waals surface area contributed by atoms with Crippen LogP contribution in [0.3, 0.4) is 0 Å². The maximum Gasteiger partial charge on any atom is 0.416 e. The average molecular weight is 482 g/mol. The van der Waals surface area contributed by atoms with Crippen LogP contribution in [-0.4, -0.2) is 69.8 Å². The van der Waals surface area contributed by atoms with Crippen molar-refractivity contribution >= 4 is 11.6 Å². The summed E-state index contributed by atoms with van der Waals surface area (Å²) in [6.45, 7) is 3.77. The molecular formula is C24H30F3N3O4. The Labute approximate surface area is 197 Å². The van der Waals surface area contributed by atoms with Gasteiger partial charge in [0, 0.05) is 37.5 Å². The number of alkyl halides is 3. The molecule has 1 saturated heterocycles. The first kappa shape index (κ1) is 25.6. The van der Waals surface area contributed by atoms with Crippen molar-refractivity contribution in [3.8, 4) is 17.2 Å². The summed E-state index contributed by atoms with van der Waals surface area (Å²) in [4.78, 5) is 16.9. The minimum absolute atomic E-state index is 0.162. The van der Waals surface area contributed by atoms with Gasteiger partial charge >= 0.3 is 6.18 Å². The maximum atomic E-state index is 12.8. The van der Waals surface area contributed by atoms with Crippen LogP contribution < -0.4 is 19.5 Å². The van der Waals surface area contributed by atoms with Gasteiger partial charge in [-0.05, 0) is 37.2 Å². The second-order valence-electron chi connectivity index (χ2n) is 8.06. The van der Waals surface area contributed by atoms with Crippen LogP contribution >= 0.6 is 0 Å². The fourth-order valence-corrected chi connectivity index (χ4v) is 3.95. The van der Waals surface area contributed by atoms with Crippen molar-refractivity contribution in [2.24, 2.45) is 0 Å². The highest BCUT2D eigenvalue weighted by molar-refractivity contribution is 5.93. The summed E-state index contributed by atoms with van der Waals surface area (Å²) in [5.41, 5.74) is 0.733. The summed E-state index contributed by atoms with van der Waals surface area (Å²) in [6, 6.07) is 8.63. The van der Waals surface area contributed by atoms with Crippen LogP contribution in [0.25, 0.3) is 0 Å². The molecule has 1 N–H and O–H groups in total. The first-order valence-corrected chi connectivity index (χ1v) is 10.9. The van der Waals surface area contributed by atoms with E-state index in [4.69, 9.17) is 14.2 Å². The molecule has 1 aliphatic heterocycles. The highest BCUT2D eigenvalue weighted by atomic mass is 19.4. The second-order valence-corrected chi connectivity index (χ2v) is 8.06. The van der Waals surface area contributed by atoms with E-state index in [0.717, 1.165) is 43.8 Å². The molecule has 1 heterocycles. The van der Waals surface area contributed by atoms with Gasteiger partial charge in [0.05, 0.1) is 33.4 Å². The zero-order valence-corrected chi connectivity index (χ0v) is 19.6. The van der Waals surface area contributed by atoms with Crippen molar-refractivity contribution in [1.29, 1.82) is 0 Å². The molecule has 7 nitrogen and oxygen atoms in total. The largest absolute Gasteiger partial charge is 0.493 e. The van der Waals surface area contributed by atoms with Gasteiger partial charge in [0.2, 0.25) is 11.7 Å². The van der Waals surface area contributed by atoms with Crippen molar-refractivity contribution in [2.45, 2.75) is 19.1 Å². The SMILES string of the molecule is COc1cc(NC(=O)CN2CCCN(Cc3ccc(C(F)(F)F)cc3)CC2)cc(OC)c1OC. The number of hydrogen-bond acceptors (Lipinski definition) is 6. The molecule has 1 amide bonds. The lowest BCUT2D eigenvalue weighted by Crippen LogP contribution is -2.36. The minimum Gasteiger partial charge on any atom is -0.493 e. The molecule has 34 heavy (non-hydrogen) atoms. The first-order valence-electron chi connectivity index (χ1n) is 10.9. The number of carbonyl (C=O) groups excluding carboxylic acids is 1. The number of benzene rings is 2. The van der Waals surface area contributed by atoms with Crippen molar-refractivity contribution in [2.75, 3.05) is 59.4 Å². The van der Waals surface area contributed by atoms with Gasteiger partial charge in [0.1, 0.15) is 0 Å². The molecule has 0 aromatic heterocycles. The Kier molecular flexibility index (Phi) is 8.62. The summed E-state index contributed by atoms with van der Waals surface area (Å²) < 4.78 is 54.2. The normalized spacial score (nSPS) is 15.5. The quantitative estimate of drug-likeness (QED) is 0.618. The fraction of sp³-hybridized carbons (Fsp3) is 0.458. The number of carbonyl (C=O) groups is 1. The lowest BCUT2D eigenvalue weighted by atomic mass is 10.1. The molecule has 0 unspecified atom stereocenters. The van der Waals surface area contributed by atoms with E-state index in [1.807, 2.05) is 0 Å². The Hall–Kier alpha value is -2.98. The van der Waals surface area contributed by atoms with Crippen molar-refractivity contribution < 1.29 is 32.2 Å². The molecule has 0 spiro atoms. The number of amides is 1. The molecule has 10 heteroatoms. The molecule has 0 atom stereocenters. The second kappa shape index (κ2) is 11.4. The molecule has 0 radical (unpaired) electrons. The topological polar surface area (TPSA) is 63.3 Å². The molecule has 0 bridgehead atoms. The predicted octanol–water partition coefficient (Wildman–Crippen LogP) is 3.88. The van der Waals surface area contributed by atoms with E-state index < -0.39 is 11.7 Å². The Morgan fingerprint density at radius 1 is 0.912 bits per heavy atom. The minimum atomic E-state index is -4.33. The molecule has 0 saturated carbocycles. The third kappa shape index (κ3) is 6.77. The number of ether oxygens (including phenoxy) is 3. The van der Waals surface area contributed by atoms with Gasteiger partial charge < -0.3 is 19.5 Å². The van der Waals surface area contributed by atoms with Crippen molar-refractivity contribution in [3.63, 3.8) is 0 Å². The monoisotopic (exact) mass is 481 g/mol. The molecule has 1 fully saturated rings. The third-order valence-corrected chi connectivity index (χ3v) is 5.68. The van der Waals surface area contributed by atoms with E-state index >= 15 is 0 Å². The summed E-state index contributed by atoms with van der Waals surface area (Å²) in [7, 11) is 4.53. The lowest BCUT2D eigenvalue weighted by Gasteiger charge is -2.22. The van der Waals surface area contributed by atoms with E-state index in [0.29, 0.717) is 36.0 Å². The van der Waals surface area contributed by atoms with Crippen LogP contribution in [0.1, 0.15) is 17.5 Å². The average Bonchev–Trinajstić information content (AvgIpc) is 3.02. The van der Waals surface area contributed by atoms with Crippen LogP contribution in [0.4, 0.5) is 18.9 Å². The number of halogens is 3. The van der Waals surface area contributed by atoms with Gasteiger partial charge in [0.25, 0.3) is 0 Å². The molecule has 2 aromatic carbocycles. The number of methoxy groups -OCH3 is 3. The summed E-state index contributed by atoms with van der Waals surface area (Å²) in [5.74, 6) is 1.19. The van der Waals surface area contributed by atoms with Crippen LogP contribution in [0.5, 0.6) is 17.2 Å². The number of rotatable bonds is 8.